The largest absolute Gasteiger partial charge is 0.497 e. The van der Waals surface area contributed by atoms with Crippen molar-refractivity contribution in [2.75, 3.05) is 7.11 Å². The Morgan fingerprint density at radius 1 is 1.14 bits per heavy atom. The van der Waals surface area contributed by atoms with Crippen LogP contribution < -0.4 is 4.74 Å². The molecule has 0 aliphatic heterocycles. The first-order valence-electron chi connectivity index (χ1n) is 6.76. The number of hydrogen-bond acceptors (Lipinski definition) is 4. The topological polar surface area (TPSA) is 52.6 Å². The first-order valence-corrected chi connectivity index (χ1v) is 7.14. The van der Waals surface area contributed by atoms with Crippen molar-refractivity contribution < 1.29 is 19.1 Å². The Kier molecular flexibility index (Phi) is 6.21. The predicted octanol–water partition coefficient (Wildman–Crippen LogP) is 3.58. The SMILES string of the molecule is COc1cc(Cl)cc(CC(=O)CCC(=O)OC(C)(C)C)c1. The van der Waals surface area contributed by atoms with Gasteiger partial charge in [0.05, 0.1) is 13.5 Å². The normalized spacial score (nSPS) is 11.1. The predicted molar refractivity (Wildman–Crippen MR) is 81.8 cm³/mol. The van der Waals surface area contributed by atoms with E-state index in [1.165, 1.54) is 0 Å². The first kappa shape index (κ1) is 17.5. The Bertz CT molecular complexity index is 517. The molecule has 116 valence electrons. The van der Waals surface area contributed by atoms with Gasteiger partial charge in [-0.2, -0.15) is 0 Å². The van der Waals surface area contributed by atoms with Gasteiger partial charge in [-0.15, -0.1) is 0 Å². The Morgan fingerprint density at radius 3 is 2.38 bits per heavy atom. The van der Waals surface area contributed by atoms with Gasteiger partial charge in [0, 0.05) is 17.9 Å². The maximum atomic E-state index is 11.9. The van der Waals surface area contributed by atoms with E-state index in [1.807, 2.05) is 0 Å². The summed E-state index contributed by atoms with van der Waals surface area (Å²) in [6, 6.07) is 5.16. The summed E-state index contributed by atoms with van der Waals surface area (Å²) < 4.78 is 10.3. The summed E-state index contributed by atoms with van der Waals surface area (Å²) in [5.41, 5.74) is 0.244. The monoisotopic (exact) mass is 312 g/mol. The number of methoxy groups -OCH3 is 1. The zero-order chi connectivity index (χ0) is 16.0. The molecule has 0 heterocycles. The number of halogens is 1. The molecule has 0 atom stereocenters. The second kappa shape index (κ2) is 7.46. The summed E-state index contributed by atoms with van der Waals surface area (Å²) in [4.78, 5) is 23.5. The van der Waals surface area contributed by atoms with Crippen LogP contribution in [0.15, 0.2) is 18.2 Å². The molecule has 0 spiro atoms. The fourth-order valence-electron chi connectivity index (χ4n) is 1.79. The number of esters is 1. The Labute approximate surface area is 130 Å². The summed E-state index contributed by atoms with van der Waals surface area (Å²) in [6.07, 6.45) is 0.470. The van der Waals surface area contributed by atoms with Gasteiger partial charge in [-0.3, -0.25) is 9.59 Å². The minimum absolute atomic E-state index is 0.0369. The van der Waals surface area contributed by atoms with Crippen LogP contribution in [0.3, 0.4) is 0 Å². The lowest BCUT2D eigenvalue weighted by Crippen LogP contribution is -2.24. The number of benzene rings is 1. The second-order valence-electron chi connectivity index (χ2n) is 5.80. The Morgan fingerprint density at radius 2 is 1.81 bits per heavy atom. The number of ether oxygens (including phenoxy) is 2. The van der Waals surface area contributed by atoms with Crippen molar-refractivity contribution in [3.05, 3.63) is 28.8 Å². The van der Waals surface area contributed by atoms with Crippen LogP contribution in [0.5, 0.6) is 5.75 Å². The van der Waals surface area contributed by atoms with Gasteiger partial charge in [0.2, 0.25) is 0 Å². The lowest BCUT2D eigenvalue weighted by Gasteiger charge is -2.19. The summed E-state index contributed by atoms with van der Waals surface area (Å²) in [5, 5.41) is 0.518. The fraction of sp³-hybridized carbons (Fsp3) is 0.500. The van der Waals surface area contributed by atoms with Gasteiger partial charge in [0.25, 0.3) is 0 Å². The maximum absolute atomic E-state index is 11.9. The molecule has 1 aromatic rings. The zero-order valence-corrected chi connectivity index (χ0v) is 13.6. The van der Waals surface area contributed by atoms with Crippen LogP contribution in [-0.2, 0) is 20.7 Å². The molecular formula is C16H21ClO4. The van der Waals surface area contributed by atoms with E-state index in [4.69, 9.17) is 21.1 Å². The van der Waals surface area contributed by atoms with Gasteiger partial charge >= 0.3 is 5.97 Å². The molecule has 21 heavy (non-hydrogen) atoms. The fourth-order valence-corrected chi connectivity index (χ4v) is 2.04. The average molecular weight is 313 g/mol. The van der Waals surface area contributed by atoms with Crippen molar-refractivity contribution in [1.29, 1.82) is 0 Å². The van der Waals surface area contributed by atoms with Crippen molar-refractivity contribution >= 4 is 23.4 Å². The molecule has 0 amide bonds. The van der Waals surface area contributed by atoms with Gasteiger partial charge < -0.3 is 9.47 Å². The van der Waals surface area contributed by atoms with Crippen LogP contribution >= 0.6 is 11.6 Å². The molecule has 0 N–H and O–H groups in total. The maximum Gasteiger partial charge on any atom is 0.306 e. The van der Waals surface area contributed by atoms with Crippen molar-refractivity contribution in [3.63, 3.8) is 0 Å². The average Bonchev–Trinajstić information content (AvgIpc) is 2.33. The van der Waals surface area contributed by atoms with Gasteiger partial charge in [-0.1, -0.05) is 11.6 Å². The molecule has 0 saturated heterocycles. The van der Waals surface area contributed by atoms with E-state index in [0.717, 1.165) is 5.56 Å². The van der Waals surface area contributed by atoms with E-state index in [-0.39, 0.29) is 31.0 Å². The van der Waals surface area contributed by atoms with Crippen LogP contribution in [0.4, 0.5) is 0 Å². The van der Waals surface area contributed by atoms with Crippen LogP contribution in [0, 0.1) is 0 Å². The molecule has 0 fully saturated rings. The van der Waals surface area contributed by atoms with Crippen molar-refractivity contribution in [3.8, 4) is 5.75 Å². The summed E-state index contributed by atoms with van der Waals surface area (Å²) in [6.45, 7) is 5.39. The lowest BCUT2D eigenvalue weighted by molar-refractivity contribution is -0.155. The van der Waals surface area contributed by atoms with E-state index in [9.17, 15) is 9.59 Å². The molecule has 0 saturated carbocycles. The van der Waals surface area contributed by atoms with Crippen LogP contribution in [0.1, 0.15) is 39.2 Å². The number of Topliss-reactive ketones (excluding diaryl/α,β-unsaturated/α-hetero) is 1. The number of hydrogen-bond donors (Lipinski definition) is 0. The van der Waals surface area contributed by atoms with Crippen molar-refractivity contribution in [1.82, 2.24) is 0 Å². The highest BCUT2D eigenvalue weighted by atomic mass is 35.5. The third-order valence-corrected chi connectivity index (χ3v) is 2.81. The summed E-state index contributed by atoms with van der Waals surface area (Å²) >= 11 is 5.95. The number of rotatable bonds is 6. The molecule has 1 rings (SSSR count). The number of carbonyl (C=O) groups excluding carboxylic acids is 2. The standard InChI is InChI=1S/C16H21ClO4/c1-16(2,3)21-15(19)6-5-13(18)8-11-7-12(17)10-14(9-11)20-4/h7,9-10H,5-6,8H2,1-4H3. The minimum atomic E-state index is -0.527. The van der Waals surface area contributed by atoms with Gasteiger partial charge in [0.1, 0.15) is 17.1 Å². The molecule has 0 bridgehead atoms. The highest BCUT2D eigenvalue weighted by molar-refractivity contribution is 6.30. The quantitative estimate of drug-likeness (QED) is 0.753. The Hall–Kier alpha value is -1.55. The van der Waals surface area contributed by atoms with Gasteiger partial charge in [-0.25, -0.2) is 0 Å². The van der Waals surface area contributed by atoms with Crippen LogP contribution in [0.2, 0.25) is 5.02 Å². The zero-order valence-electron chi connectivity index (χ0n) is 12.9. The van der Waals surface area contributed by atoms with Crippen molar-refractivity contribution in [2.45, 2.75) is 45.6 Å². The van der Waals surface area contributed by atoms with Crippen LogP contribution in [-0.4, -0.2) is 24.5 Å². The van der Waals surface area contributed by atoms with E-state index in [2.05, 4.69) is 0 Å². The highest BCUT2D eigenvalue weighted by Crippen LogP contribution is 2.21. The smallest absolute Gasteiger partial charge is 0.306 e. The number of ketones is 1. The second-order valence-corrected chi connectivity index (χ2v) is 6.24. The first-order chi connectivity index (χ1) is 9.69. The molecule has 4 nitrogen and oxygen atoms in total. The molecule has 0 aromatic heterocycles. The summed E-state index contributed by atoms with van der Waals surface area (Å²) in [7, 11) is 1.54. The third-order valence-electron chi connectivity index (χ3n) is 2.60. The molecule has 0 aliphatic rings. The van der Waals surface area contributed by atoms with E-state index in [1.54, 1.807) is 46.1 Å². The van der Waals surface area contributed by atoms with Crippen molar-refractivity contribution in [2.24, 2.45) is 0 Å². The molecule has 5 heteroatoms. The molecule has 0 unspecified atom stereocenters. The lowest BCUT2D eigenvalue weighted by atomic mass is 10.1. The van der Waals surface area contributed by atoms with E-state index < -0.39 is 5.60 Å². The van der Waals surface area contributed by atoms with Crippen LogP contribution in [0.25, 0.3) is 0 Å². The van der Waals surface area contributed by atoms with E-state index >= 15 is 0 Å². The minimum Gasteiger partial charge on any atom is -0.497 e. The molecule has 1 aromatic carbocycles. The van der Waals surface area contributed by atoms with Gasteiger partial charge in [0.15, 0.2) is 0 Å². The van der Waals surface area contributed by atoms with E-state index in [0.29, 0.717) is 10.8 Å². The third kappa shape index (κ3) is 7.14. The molecule has 0 radical (unpaired) electrons. The molecular weight excluding hydrogens is 292 g/mol. The molecule has 0 aliphatic carbocycles. The Balaban J connectivity index is 2.51. The highest BCUT2D eigenvalue weighted by Gasteiger charge is 2.17. The number of carbonyl (C=O) groups is 2. The van der Waals surface area contributed by atoms with Gasteiger partial charge in [-0.05, 0) is 44.5 Å². The summed E-state index contributed by atoms with van der Waals surface area (Å²) in [5.74, 6) is 0.210.